The van der Waals surface area contributed by atoms with Gasteiger partial charge in [0, 0.05) is 23.0 Å². The van der Waals surface area contributed by atoms with Crippen molar-refractivity contribution in [1.82, 2.24) is 20.2 Å². The van der Waals surface area contributed by atoms with Crippen molar-refractivity contribution in [1.29, 1.82) is 5.26 Å². The van der Waals surface area contributed by atoms with Gasteiger partial charge in [-0.1, -0.05) is 12.1 Å². The number of aromatic amines is 1. The fourth-order valence-electron chi connectivity index (χ4n) is 2.52. The predicted molar refractivity (Wildman–Crippen MR) is 79.2 cm³/mol. The summed E-state index contributed by atoms with van der Waals surface area (Å²) in [6, 6.07) is 9.72. The van der Waals surface area contributed by atoms with Gasteiger partial charge in [0.25, 0.3) is 0 Å². The number of rotatable bonds is 2. The van der Waals surface area contributed by atoms with Crippen LogP contribution in [0.5, 0.6) is 0 Å². The zero-order valence-corrected chi connectivity index (χ0v) is 11.8. The number of nitriles is 1. The second kappa shape index (κ2) is 5.17. The lowest BCUT2D eigenvalue weighted by Gasteiger charge is -2.11. The van der Waals surface area contributed by atoms with Crippen LogP contribution in [-0.2, 0) is 0 Å². The average molecular weight is 275 g/mol. The smallest absolute Gasteiger partial charge is 0.116 e. The van der Waals surface area contributed by atoms with Crippen LogP contribution < -0.4 is 0 Å². The highest BCUT2D eigenvalue weighted by Crippen LogP contribution is 2.36. The van der Waals surface area contributed by atoms with Crippen molar-refractivity contribution < 1.29 is 0 Å². The van der Waals surface area contributed by atoms with Crippen LogP contribution in [0.3, 0.4) is 0 Å². The van der Waals surface area contributed by atoms with Gasteiger partial charge in [-0.3, -0.25) is 5.10 Å². The highest BCUT2D eigenvalue weighted by Gasteiger charge is 2.17. The second-order valence-corrected chi connectivity index (χ2v) is 4.74. The van der Waals surface area contributed by atoms with Crippen LogP contribution >= 0.6 is 0 Å². The molecule has 2 aromatic heterocycles. The number of hydrogen-bond donors (Lipinski definition) is 1. The van der Waals surface area contributed by atoms with Crippen LogP contribution in [0.2, 0.25) is 0 Å². The number of nitrogens with one attached hydrogen (secondary N) is 1. The van der Waals surface area contributed by atoms with E-state index in [0.717, 1.165) is 33.8 Å². The van der Waals surface area contributed by atoms with E-state index in [1.807, 2.05) is 32.0 Å². The van der Waals surface area contributed by atoms with E-state index in [2.05, 4.69) is 26.2 Å². The molecule has 0 aliphatic carbocycles. The van der Waals surface area contributed by atoms with Crippen molar-refractivity contribution in [2.75, 3.05) is 0 Å². The molecule has 1 N–H and O–H groups in total. The Morgan fingerprint density at radius 1 is 1.14 bits per heavy atom. The van der Waals surface area contributed by atoms with Crippen molar-refractivity contribution in [2.24, 2.45) is 0 Å². The van der Waals surface area contributed by atoms with Gasteiger partial charge in [-0.2, -0.15) is 10.4 Å². The Kier molecular flexibility index (Phi) is 3.20. The van der Waals surface area contributed by atoms with Gasteiger partial charge in [0.15, 0.2) is 0 Å². The first-order chi connectivity index (χ1) is 10.2. The molecule has 0 atom stereocenters. The fourth-order valence-corrected chi connectivity index (χ4v) is 2.52. The van der Waals surface area contributed by atoms with Gasteiger partial charge < -0.3 is 0 Å². The molecule has 102 valence electrons. The molecule has 0 saturated carbocycles. The second-order valence-electron chi connectivity index (χ2n) is 4.74. The Balaban J connectivity index is 2.36. The molecule has 0 amide bonds. The molecule has 0 bridgehead atoms. The Hall–Kier alpha value is -3.00. The Labute approximate surface area is 122 Å². The maximum atomic E-state index is 9.42. The normalized spacial score (nSPS) is 10.3. The van der Waals surface area contributed by atoms with Crippen LogP contribution in [0.1, 0.15) is 17.0 Å². The summed E-state index contributed by atoms with van der Waals surface area (Å²) in [5, 5.41) is 16.7. The van der Waals surface area contributed by atoms with Crippen molar-refractivity contribution >= 4 is 0 Å². The van der Waals surface area contributed by atoms with Crippen LogP contribution in [0.4, 0.5) is 0 Å². The number of aromatic nitrogens is 4. The third kappa shape index (κ3) is 2.17. The predicted octanol–water partition coefficient (Wildman–Crippen LogP) is 3.02. The zero-order valence-electron chi connectivity index (χ0n) is 11.8. The molecule has 5 nitrogen and oxygen atoms in total. The third-order valence-corrected chi connectivity index (χ3v) is 3.42. The summed E-state index contributed by atoms with van der Waals surface area (Å²) in [5.41, 5.74) is 5.98. The monoisotopic (exact) mass is 275 g/mol. The first-order valence-electron chi connectivity index (χ1n) is 6.54. The Morgan fingerprint density at radius 2 is 2.00 bits per heavy atom. The van der Waals surface area contributed by atoms with Gasteiger partial charge in [-0.05, 0) is 31.5 Å². The summed E-state index contributed by atoms with van der Waals surface area (Å²) in [7, 11) is 0. The van der Waals surface area contributed by atoms with E-state index in [1.54, 1.807) is 12.3 Å². The van der Waals surface area contributed by atoms with Gasteiger partial charge in [-0.25, -0.2) is 9.97 Å². The molecule has 0 unspecified atom stereocenters. The topological polar surface area (TPSA) is 78.2 Å². The van der Waals surface area contributed by atoms with E-state index in [0.29, 0.717) is 5.56 Å². The highest BCUT2D eigenvalue weighted by molar-refractivity contribution is 5.87. The molecule has 0 saturated heterocycles. The highest BCUT2D eigenvalue weighted by atomic mass is 15.1. The Morgan fingerprint density at radius 3 is 2.62 bits per heavy atom. The molecule has 5 heteroatoms. The molecule has 0 aliphatic rings. The SMILES string of the molecule is Cc1n[nH]c(C)c1-c1cccc(C#N)c1-c1ccncn1. The molecule has 0 spiro atoms. The van der Waals surface area contributed by atoms with Crippen molar-refractivity contribution in [3.05, 3.63) is 53.7 Å². The van der Waals surface area contributed by atoms with Crippen LogP contribution in [0.25, 0.3) is 22.4 Å². The first-order valence-corrected chi connectivity index (χ1v) is 6.54. The van der Waals surface area contributed by atoms with Crippen LogP contribution in [0, 0.1) is 25.2 Å². The van der Waals surface area contributed by atoms with Crippen LogP contribution in [-0.4, -0.2) is 20.2 Å². The van der Waals surface area contributed by atoms with E-state index >= 15 is 0 Å². The first kappa shape index (κ1) is 13.0. The lowest BCUT2D eigenvalue weighted by molar-refractivity contribution is 1.02. The summed E-state index contributed by atoms with van der Waals surface area (Å²) < 4.78 is 0. The standard InChI is InChI=1S/C16H13N5/c1-10-15(11(2)21-20-10)13-5-3-4-12(8-17)16(13)14-6-7-18-9-19-14/h3-7,9H,1-2H3,(H,20,21). The average Bonchev–Trinajstić information content (AvgIpc) is 2.86. The molecular weight excluding hydrogens is 262 g/mol. The summed E-state index contributed by atoms with van der Waals surface area (Å²) in [6.45, 7) is 3.92. The number of H-pyrrole nitrogens is 1. The largest absolute Gasteiger partial charge is 0.282 e. The lowest BCUT2D eigenvalue weighted by Crippen LogP contribution is -1.94. The zero-order chi connectivity index (χ0) is 14.8. The lowest BCUT2D eigenvalue weighted by atomic mass is 9.92. The summed E-state index contributed by atoms with van der Waals surface area (Å²) in [4.78, 5) is 8.24. The van der Waals surface area contributed by atoms with E-state index < -0.39 is 0 Å². The molecular formula is C16H13N5. The van der Waals surface area contributed by atoms with Gasteiger partial charge in [0.1, 0.15) is 6.33 Å². The van der Waals surface area contributed by atoms with Crippen LogP contribution in [0.15, 0.2) is 36.8 Å². The number of hydrogen-bond acceptors (Lipinski definition) is 4. The van der Waals surface area contributed by atoms with Gasteiger partial charge in [0.2, 0.25) is 0 Å². The summed E-state index contributed by atoms with van der Waals surface area (Å²) in [6.07, 6.45) is 3.16. The number of benzene rings is 1. The molecule has 2 heterocycles. The molecule has 1 aromatic carbocycles. The summed E-state index contributed by atoms with van der Waals surface area (Å²) >= 11 is 0. The van der Waals surface area contributed by atoms with Gasteiger partial charge in [-0.15, -0.1) is 0 Å². The quantitative estimate of drug-likeness (QED) is 0.779. The van der Waals surface area contributed by atoms with Crippen molar-refractivity contribution in [3.8, 4) is 28.5 Å². The molecule has 0 fully saturated rings. The number of aryl methyl sites for hydroxylation is 2. The summed E-state index contributed by atoms with van der Waals surface area (Å²) in [5.74, 6) is 0. The maximum Gasteiger partial charge on any atom is 0.116 e. The third-order valence-electron chi connectivity index (χ3n) is 3.42. The van der Waals surface area contributed by atoms with E-state index in [1.165, 1.54) is 6.33 Å². The van der Waals surface area contributed by atoms with Gasteiger partial charge in [0.05, 0.1) is 23.0 Å². The maximum absolute atomic E-state index is 9.42. The minimum absolute atomic E-state index is 0.589. The fraction of sp³-hybridized carbons (Fsp3) is 0.125. The molecule has 3 aromatic rings. The van der Waals surface area contributed by atoms with E-state index in [-0.39, 0.29) is 0 Å². The van der Waals surface area contributed by atoms with Crippen molar-refractivity contribution in [2.45, 2.75) is 13.8 Å². The van der Waals surface area contributed by atoms with E-state index in [4.69, 9.17) is 0 Å². The Bertz CT molecular complexity index is 808. The molecule has 3 rings (SSSR count). The minimum Gasteiger partial charge on any atom is -0.282 e. The van der Waals surface area contributed by atoms with E-state index in [9.17, 15) is 5.26 Å². The van der Waals surface area contributed by atoms with Crippen molar-refractivity contribution in [3.63, 3.8) is 0 Å². The molecule has 0 radical (unpaired) electrons. The molecule has 0 aliphatic heterocycles. The van der Waals surface area contributed by atoms with Gasteiger partial charge >= 0.3 is 0 Å². The number of nitrogens with zero attached hydrogens (tertiary/aromatic N) is 4. The molecule has 21 heavy (non-hydrogen) atoms. The minimum atomic E-state index is 0.589.